The van der Waals surface area contributed by atoms with Crippen molar-refractivity contribution in [1.82, 2.24) is 20.2 Å². The first-order chi connectivity index (χ1) is 13.3. The van der Waals surface area contributed by atoms with Gasteiger partial charge < -0.3 is 10.2 Å². The molecule has 0 aromatic rings. The number of allylic oxidation sites excluding steroid dienone is 2. The molecular formula is C20H26N4O3S. The topological polar surface area (TPSA) is 73.0 Å². The highest BCUT2D eigenvalue weighted by Crippen LogP contribution is 2.45. The second-order valence-electron chi connectivity index (χ2n) is 7.23. The standard InChI is InChI=1S/C20H26N4O3S/c1-13(2)18(25)21-11-12-24-15-7-5-6-8-16(15)28-17(24)10-9-14-19(26)22(3)23(4)20(14)27/h9-12,15-16H,1,5-8H2,2-4H3,(H,21,25)/b12-11-,17-10?. The summed E-state index contributed by atoms with van der Waals surface area (Å²) in [5.41, 5.74) is 0.607. The first-order valence-electron chi connectivity index (χ1n) is 9.37. The van der Waals surface area contributed by atoms with E-state index in [1.54, 1.807) is 45.1 Å². The van der Waals surface area contributed by atoms with Crippen LogP contribution in [0, 0.1) is 0 Å². The van der Waals surface area contributed by atoms with Crippen molar-refractivity contribution in [2.24, 2.45) is 0 Å². The number of nitrogens with zero attached hydrogens (tertiary/aromatic N) is 3. The van der Waals surface area contributed by atoms with Gasteiger partial charge in [0.05, 0.1) is 5.03 Å². The summed E-state index contributed by atoms with van der Waals surface area (Å²) in [6.07, 6.45) is 11.5. The third-order valence-corrected chi connectivity index (χ3v) is 6.72. The highest BCUT2D eigenvalue weighted by molar-refractivity contribution is 8.03. The SMILES string of the molecule is C=C(C)C(=O)N/C=C\N1C(=CC=C2C(=O)N(C)N(C)C2=O)SC2CCCCC21. The number of hydrazine groups is 1. The van der Waals surface area contributed by atoms with Crippen LogP contribution in [0.1, 0.15) is 32.6 Å². The normalized spacial score (nSPS) is 26.5. The Balaban J connectivity index is 1.83. The Hall–Kier alpha value is -2.48. The average Bonchev–Trinajstić information content (AvgIpc) is 3.11. The molecule has 7 nitrogen and oxygen atoms in total. The van der Waals surface area contributed by atoms with Crippen molar-refractivity contribution in [3.63, 3.8) is 0 Å². The van der Waals surface area contributed by atoms with Gasteiger partial charge in [-0.05, 0) is 31.9 Å². The van der Waals surface area contributed by atoms with Gasteiger partial charge in [-0.15, -0.1) is 11.8 Å². The van der Waals surface area contributed by atoms with Crippen LogP contribution in [-0.4, -0.2) is 58.0 Å². The molecular weight excluding hydrogens is 376 g/mol. The summed E-state index contributed by atoms with van der Waals surface area (Å²) in [7, 11) is 3.15. The summed E-state index contributed by atoms with van der Waals surface area (Å²) in [5.74, 6) is -0.828. The molecule has 0 aromatic carbocycles. The summed E-state index contributed by atoms with van der Waals surface area (Å²) < 4.78 is 0. The van der Waals surface area contributed by atoms with Crippen molar-refractivity contribution in [3.8, 4) is 0 Å². The largest absolute Gasteiger partial charge is 0.337 e. The predicted molar refractivity (Wildman–Crippen MR) is 109 cm³/mol. The first-order valence-corrected chi connectivity index (χ1v) is 10.2. The molecule has 0 aromatic heterocycles. The Morgan fingerprint density at radius 3 is 2.43 bits per heavy atom. The van der Waals surface area contributed by atoms with Crippen molar-refractivity contribution in [2.75, 3.05) is 14.1 Å². The molecule has 0 bridgehead atoms. The maximum atomic E-state index is 12.3. The minimum atomic E-state index is -0.305. The number of hydrogen-bond acceptors (Lipinski definition) is 5. The molecule has 2 saturated heterocycles. The molecule has 1 aliphatic carbocycles. The van der Waals surface area contributed by atoms with E-state index in [1.807, 2.05) is 12.3 Å². The monoisotopic (exact) mass is 402 g/mol. The lowest BCUT2D eigenvalue weighted by molar-refractivity contribution is -0.141. The maximum absolute atomic E-state index is 12.3. The van der Waals surface area contributed by atoms with Crippen LogP contribution in [0.2, 0.25) is 0 Å². The molecule has 3 fully saturated rings. The Kier molecular flexibility index (Phi) is 5.98. The molecule has 2 atom stereocenters. The number of nitrogens with one attached hydrogen (secondary N) is 1. The van der Waals surface area contributed by atoms with E-state index in [-0.39, 0.29) is 23.3 Å². The maximum Gasteiger partial charge on any atom is 0.277 e. The fourth-order valence-corrected chi connectivity index (χ4v) is 5.03. The van der Waals surface area contributed by atoms with Gasteiger partial charge in [-0.2, -0.15) is 0 Å². The molecule has 2 aliphatic heterocycles. The molecule has 3 aliphatic rings. The quantitative estimate of drug-likeness (QED) is 0.576. The van der Waals surface area contributed by atoms with Crippen LogP contribution >= 0.6 is 11.8 Å². The van der Waals surface area contributed by atoms with Gasteiger partial charge in [0.15, 0.2) is 0 Å². The smallest absolute Gasteiger partial charge is 0.277 e. The third-order valence-electron chi connectivity index (χ3n) is 5.28. The van der Waals surface area contributed by atoms with Crippen molar-refractivity contribution in [1.29, 1.82) is 0 Å². The van der Waals surface area contributed by atoms with Crippen LogP contribution < -0.4 is 5.32 Å². The van der Waals surface area contributed by atoms with Crippen molar-refractivity contribution >= 4 is 29.5 Å². The molecule has 28 heavy (non-hydrogen) atoms. The fraction of sp³-hybridized carbons (Fsp3) is 0.450. The van der Waals surface area contributed by atoms with Crippen LogP contribution in [0.25, 0.3) is 0 Å². The number of hydrogen-bond donors (Lipinski definition) is 1. The lowest BCUT2D eigenvalue weighted by Crippen LogP contribution is -2.33. The van der Waals surface area contributed by atoms with Gasteiger partial charge in [0.2, 0.25) is 5.91 Å². The van der Waals surface area contributed by atoms with Gasteiger partial charge in [0.25, 0.3) is 11.8 Å². The van der Waals surface area contributed by atoms with E-state index in [2.05, 4.69) is 16.8 Å². The molecule has 8 heteroatoms. The number of carbonyl (C=O) groups is 3. The lowest BCUT2D eigenvalue weighted by atomic mass is 9.94. The molecule has 0 radical (unpaired) electrons. The van der Waals surface area contributed by atoms with Gasteiger partial charge in [-0.3, -0.25) is 24.4 Å². The number of amides is 3. The zero-order chi connectivity index (χ0) is 20.4. The number of fused-ring (bicyclic) bond motifs is 1. The average molecular weight is 403 g/mol. The van der Waals surface area contributed by atoms with E-state index < -0.39 is 0 Å². The zero-order valence-corrected chi connectivity index (χ0v) is 17.3. The third kappa shape index (κ3) is 3.87. The summed E-state index contributed by atoms with van der Waals surface area (Å²) in [5, 5.41) is 6.77. The highest BCUT2D eigenvalue weighted by Gasteiger charge is 2.39. The molecule has 1 saturated carbocycles. The highest BCUT2D eigenvalue weighted by atomic mass is 32.2. The van der Waals surface area contributed by atoms with E-state index in [9.17, 15) is 14.4 Å². The minimum absolute atomic E-state index is 0.160. The van der Waals surface area contributed by atoms with E-state index in [0.29, 0.717) is 16.9 Å². The molecule has 3 rings (SSSR count). The van der Waals surface area contributed by atoms with Crippen LogP contribution in [0.4, 0.5) is 0 Å². The van der Waals surface area contributed by atoms with E-state index >= 15 is 0 Å². The van der Waals surface area contributed by atoms with Gasteiger partial charge in [-0.1, -0.05) is 19.4 Å². The molecule has 3 amide bonds. The molecule has 2 heterocycles. The summed E-state index contributed by atoms with van der Waals surface area (Å²) >= 11 is 1.77. The number of carbonyl (C=O) groups excluding carboxylic acids is 3. The zero-order valence-electron chi connectivity index (χ0n) is 16.5. The van der Waals surface area contributed by atoms with Crippen molar-refractivity contribution < 1.29 is 14.4 Å². The second kappa shape index (κ2) is 8.26. The van der Waals surface area contributed by atoms with E-state index in [4.69, 9.17) is 0 Å². The minimum Gasteiger partial charge on any atom is -0.337 e. The van der Waals surface area contributed by atoms with Crippen LogP contribution in [0.3, 0.4) is 0 Å². The van der Waals surface area contributed by atoms with Crippen molar-refractivity contribution in [2.45, 2.75) is 43.9 Å². The van der Waals surface area contributed by atoms with Crippen LogP contribution in [-0.2, 0) is 14.4 Å². The Bertz CT molecular complexity index is 779. The first kappa shape index (κ1) is 20.3. The van der Waals surface area contributed by atoms with E-state index in [0.717, 1.165) is 17.9 Å². The van der Waals surface area contributed by atoms with Gasteiger partial charge in [-0.25, -0.2) is 0 Å². The van der Waals surface area contributed by atoms with Crippen molar-refractivity contribution in [3.05, 3.63) is 47.3 Å². The van der Waals surface area contributed by atoms with E-state index in [1.165, 1.54) is 22.9 Å². The fourth-order valence-electron chi connectivity index (χ4n) is 3.55. The molecule has 0 spiro atoms. The molecule has 150 valence electrons. The van der Waals surface area contributed by atoms with Gasteiger partial charge >= 0.3 is 0 Å². The summed E-state index contributed by atoms with van der Waals surface area (Å²) in [6, 6.07) is 0.349. The predicted octanol–water partition coefficient (Wildman–Crippen LogP) is 2.12. The summed E-state index contributed by atoms with van der Waals surface area (Å²) in [4.78, 5) is 38.4. The second-order valence-corrected chi connectivity index (χ2v) is 8.49. The summed E-state index contributed by atoms with van der Waals surface area (Å²) in [6.45, 7) is 5.29. The van der Waals surface area contributed by atoms with Gasteiger partial charge in [0, 0.05) is 43.4 Å². The van der Waals surface area contributed by atoms with Crippen LogP contribution in [0.5, 0.6) is 0 Å². The Labute approximate surface area is 169 Å². The van der Waals surface area contributed by atoms with Gasteiger partial charge in [0.1, 0.15) is 5.57 Å². The molecule has 1 N–H and O–H groups in total. The Morgan fingerprint density at radius 2 is 1.79 bits per heavy atom. The lowest BCUT2D eigenvalue weighted by Gasteiger charge is -2.29. The Morgan fingerprint density at radius 1 is 1.14 bits per heavy atom. The van der Waals surface area contributed by atoms with Crippen LogP contribution in [0.15, 0.2) is 47.3 Å². The number of rotatable bonds is 4. The molecule has 2 unspecified atom stereocenters. The number of likely N-dealkylation sites (N-methyl/N-ethyl adjacent to an activating group) is 2. The number of thioether (sulfide) groups is 1.